The van der Waals surface area contributed by atoms with Gasteiger partial charge < -0.3 is 5.32 Å². The third kappa shape index (κ3) is 1.30. The van der Waals surface area contributed by atoms with Crippen LogP contribution in [-0.2, 0) is 15.6 Å². The van der Waals surface area contributed by atoms with E-state index in [1.165, 1.54) is 0 Å². The first-order chi connectivity index (χ1) is 3.79. The Kier molecular flexibility index (Phi) is 1.62. The van der Waals surface area contributed by atoms with Gasteiger partial charge in [-0.3, -0.25) is 9.00 Å². The van der Waals surface area contributed by atoms with E-state index < -0.39 is 10.8 Å². The van der Waals surface area contributed by atoms with E-state index in [9.17, 15) is 9.00 Å². The van der Waals surface area contributed by atoms with Gasteiger partial charge in [0.15, 0.2) is 0 Å². The zero-order valence-electron chi connectivity index (χ0n) is 4.35. The Balaban J connectivity index is 2.45. The maximum atomic E-state index is 10.5. The predicted molar refractivity (Wildman–Crippen MR) is 30.9 cm³/mol. The fraction of sp³-hybridized carbons (Fsp3) is 0.750. The molecular formula is C4H7NO2S. The van der Waals surface area contributed by atoms with Crippen molar-refractivity contribution in [3.05, 3.63) is 0 Å². The molecule has 1 amide bonds. The molecule has 1 aliphatic heterocycles. The summed E-state index contributed by atoms with van der Waals surface area (Å²) in [6.07, 6.45) is 0. The van der Waals surface area contributed by atoms with Crippen LogP contribution in [0.3, 0.4) is 0 Å². The molecule has 0 aromatic carbocycles. The van der Waals surface area contributed by atoms with Gasteiger partial charge in [-0.2, -0.15) is 0 Å². The van der Waals surface area contributed by atoms with Gasteiger partial charge in [-0.15, -0.1) is 0 Å². The van der Waals surface area contributed by atoms with Gasteiger partial charge in [0.25, 0.3) is 0 Å². The molecule has 0 aromatic rings. The monoisotopic (exact) mass is 133 g/mol. The third-order valence-corrected chi connectivity index (χ3v) is 2.19. The highest BCUT2D eigenvalue weighted by atomic mass is 32.2. The van der Waals surface area contributed by atoms with Crippen LogP contribution in [0.2, 0.25) is 0 Å². The minimum absolute atomic E-state index is 0.0883. The normalized spacial score (nSPS) is 29.5. The number of carbonyl (C=O) groups excluding carboxylic acids is 1. The van der Waals surface area contributed by atoms with E-state index in [4.69, 9.17) is 0 Å². The van der Waals surface area contributed by atoms with Crippen molar-refractivity contribution in [3.8, 4) is 0 Å². The Morgan fingerprint density at radius 2 is 2.38 bits per heavy atom. The molecule has 0 aliphatic carbocycles. The molecule has 1 saturated heterocycles. The molecular weight excluding hydrogens is 126 g/mol. The molecule has 3 nitrogen and oxygen atoms in total. The fourth-order valence-electron chi connectivity index (χ4n) is 0.574. The lowest BCUT2D eigenvalue weighted by Gasteiger charge is -2.09. The van der Waals surface area contributed by atoms with E-state index in [-0.39, 0.29) is 11.7 Å². The zero-order chi connectivity index (χ0) is 5.98. The molecule has 1 fully saturated rings. The summed E-state index contributed by atoms with van der Waals surface area (Å²) in [5.74, 6) is 0.723. The van der Waals surface area contributed by atoms with Gasteiger partial charge in [0.05, 0.1) is 0 Å². The van der Waals surface area contributed by atoms with Crippen LogP contribution >= 0.6 is 0 Å². The topological polar surface area (TPSA) is 46.2 Å². The Bertz CT molecular complexity index is 120. The predicted octanol–water partition coefficient (Wildman–Crippen LogP) is -1.14. The van der Waals surface area contributed by atoms with Crippen molar-refractivity contribution in [1.29, 1.82) is 0 Å². The van der Waals surface area contributed by atoms with Gasteiger partial charge in [0.2, 0.25) is 5.91 Å². The summed E-state index contributed by atoms with van der Waals surface area (Å²) in [5, 5.41) is 2.58. The molecule has 1 N–H and O–H groups in total. The highest BCUT2D eigenvalue weighted by molar-refractivity contribution is 7.85. The highest BCUT2D eigenvalue weighted by Gasteiger charge is 2.12. The first-order valence-corrected chi connectivity index (χ1v) is 3.89. The Morgan fingerprint density at radius 1 is 1.62 bits per heavy atom. The van der Waals surface area contributed by atoms with E-state index in [0.717, 1.165) is 0 Å². The van der Waals surface area contributed by atoms with Gasteiger partial charge in [0, 0.05) is 23.1 Å². The zero-order valence-corrected chi connectivity index (χ0v) is 5.16. The van der Waals surface area contributed by atoms with Crippen LogP contribution in [0.5, 0.6) is 0 Å². The highest BCUT2D eigenvalue weighted by Crippen LogP contribution is 1.86. The van der Waals surface area contributed by atoms with Crippen molar-refractivity contribution in [3.63, 3.8) is 0 Å². The molecule has 1 rings (SSSR count). The Hall–Kier alpha value is -0.380. The summed E-state index contributed by atoms with van der Waals surface area (Å²) >= 11 is 0. The van der Waals surface area contributed by atoms with Crippen molar-refractivity contribution in [2.45, 2.75) is 0 Å². The van der Waals surface area contributed by atoms with Crippen molar-refractivity contribution < 1.29 is 9.00 Å². The molecule has 1 heterocycles. The van der Waals surface area contributed by atoms with Crippen molar-refractivity contribution in [2.24, 2.45) is 0 Å². The Morgan fingerprint density at radius 3 is 2.75 bits per heavy atom. The van der Waals surface area contributed by atoms with E-state index >= 15 is 0 Å². The molecule has 1 aliphatic rings. The second kappa shape index (κ2) is 2.26. The minimum atomic E-state index is -0.882. The Labute approximate surface area is 49.9 Å². The fourth-order valence-corrected chi connectivity index (χ4v) is 1.44. The molecule has 0 aromatic heterocycles. The van der Waals surface area contributed by atoms with Gasteiger partial charge in [0.1, 0.15) is 5.75 Å². The van der Waals surface area contributed by atoms with Gasteiger partial charge in [-0.25, -0.2) is 0 Å². The van der Waals surface area contributed by atoms with E-state index in [1.54, 1.807) is 0 Å². The van der Waals surface area contributed by atoms with Crippen LogP contribution < -0.4 is 5.32 Å². The van der Waals surface area contributed by atoms with Gasteiger partial charge in [-0.05, 0) is 0 Å². The van der Waals surface area contributed by atoms with Crippen LogP contribution in [0.1, 0.15) is 0 Å². The van der Waals surface area contributed by atoms with Gasteiger partial charge >= 0.3 is 0 Å². The molecule has 4 heteroatoms. The number of hydrogen-bond donors (Lipinski definition) is 1. The first kappa shape index (κ1) is 5.75. The summed E-state index contributed by atoms with van der Waals surface area (Å²) < 4.78 is 10.5. The summed E-state index contributed by atoms with van der Waals surface area (Å²) in [4.78, 5) is 10.4. The molecule has 8 heavy (non-hydrogen) atoms. The third-order valence-electron chi connectivity index (χ3n) is 0.944. The molecule has 0 unspecified atom stereocenters. The van der Waals surface area contributed by atoms with Crippen molar-refractivity contribution in [1.82, 2.24) is 5.32 Å². The van der Waals surface area contributed by atoms with Gasteiger partial charge in [-0.1, -0.05) is 0 Å². The van der Waals surface area contributed by atoms with Crippen LogP contribution in [0.4, 0.5) is 0 Å². The molecule has 0 saturated carbocycles. The lowest BCUT2D eigenvalue weighted by Crippen LogP contribution is -2.38. The van der Waals surface area contributed by atoms with E-state index in [2.05, 4.69) is 5.32 Å². The number of carbonyl (C=O) groups is 1. The molecule has 0 spiro atoms. The summed E-state index contributed by atoms with van der Waals surface area (Å²) in [6.45, 7) is 0.575. The molecule has 46 valence electrons. The largest absolute Gasteiger partial charge is 0.354 e. The first-order valence-electron chi connectivity index (χ1n) is 2.41. The lowest BCUT2D eigenvalue weighted by molar-refractivity contribution is -0.118. The molecule has 0 radical (unpaired) electrons. The summed E-state index contributed by atoms with van der Waals surface area (Å²) in [7, 11) is -0.882. The van der Waals surface area contributed by atoms with E-state index in [0.29, 0.717) is 12.3 Å². The quantitative estimate of drug-likeness (QED) is 0.454. The summed E-state index contributed by atoms with van der Waals surface area (Å²) in [6, 6.07) is 0. The van der Waals surface area contributed by atoms with Crippen molar-refractivity contribution >= 4 is 16.7 Å². The lowest BCUT2D eigenvalue weighted by atomic mass is 10.6. The van der Waals surface area contributed by atoms with Crippen LogP contribution in [0.25, 0.3) is 0 Å². The van der Waals surface area contributed by atoms with Crippen LogP contribution in [0.15, 0.2) is 0 Å². The second-order valence-electron chi connectivity index (χ2n) is 1.64. The molecule has 0 bridgehead atoms. The maximum absolute atomic E-state index is 10.5. The van der Waals surface area contributed by atoms with Crippen molar-refractivity contribution in [2.75, 3.05) is 18.1 Å². The number of amides is 1. The number of hydrogen-bond acceptors (Lipinski definition) is 2. The average Bonchev–Trinajstić information content (AvgIpc) is 1.64. The smallest absolute Gasteiger partial charge is 0.232 e. The number of nitrogens with one attached hydrogen (secondary N) is 1. The standard InChI is InChI=1S/C4H7NO2S/c6-4-3-8(7)2-1-5-4/h1-3H2,(H,5,6)/t8-/m1/s1. The second-order valence-corrected chi connectivity index (χ2v) is 3.21. The maximum Gasteiger partial charge on any atom is 0.232 e. The summed E-state index contributed by atoms with van der Waals surface area (Å²) in [5.41, 5.74) is 0. The molecule has 1 atom stereocenters. The SMILES string of the molecule is O=C1C[S@](=O)CCN1. The van der Waals surface area contributed by atoms with E-state index in [1.807, 2.05) is 0 Å². The van der Waals surface area contributed by atoms with Crippen LogP contribution in [0, 0.1) is 0 Å². The minimum Gasteiger partial charge on any atom is -0.354 e. The van der Waals surface area contributed by atoms with Crippen LogP contribution in [-0.4, -0.2) is 28.2 Å². The average molecular weight is 133 g/mol. The number of rotatable bonds is 0.